The number of hydrogen-bond donors (Lipinski definition) is 2. The van der Waals surface area contributed by atoms with Crippen molar-refractivity contribution >= 4 is 21.6 Å². The minimum absolute atomic E-state index is 0.0888. The number of rotatable bonds is 5. The van der Waals surface area contributed by atoms with Crippen molar-refractivity contribution in [3.63, 3.8) is 0 Å². The Kier molecular flexibility index (Phi) is 4.36. The predicted molar refractivity (Wildman–Crippen MR) is 75.0 cm³/mol. The van der Waals surface area contributed by atoms with E-state index in [2.05, 4.69) is 31.7 Å². The van der Waals surface area contributed by atoms with Crippen molar-refractivity contribution in [2.75, 3.05) is 39.0 Å². The zero-order chi connectivity index (χ0) is 13.1. The van der Waals surface area contributed by atoms with E-state index >= 15 is 0 Å². The van der Waals surface area contributed by atoms with Crippen molar-refractivity contribution in [1.29, 1.82) is 0 Å². The first-order valence-electron chi connectivity index (χ1n) is 5.95. The first-order valence-corrected chi connectivity index (χ1v) is 6.75. The van der Waals surface area contributed by atoms with Gasteiger partial charge in [-0.1, -0.05) is 0 Å². The van der Waals surface area contributed by atoms with E-state index in [1.807, 2.05) is 19.0 Å². The predicted octanol–water partition coefficient (Wildman–Crippen LogP) is -0.0489. The van der Waals surface area contributed by atoms with Crippen molar-refractivity contribution in [2.45, 2.75) is 12.6 Å². The molecule has 1 aromatic rings. The van der Waals surface area contributed by atoms with Crippen LogP contribution in [0.15, 0.2) is 15.5 Å². The summed E-state index contributed by atoms with van der Waals surface area (Å²) in [5.41, 5.74) is 0.682. The number of nitrogens with one attached hydrogen (secondary N) is 2. The molecule has 0 saturated carbocycles. The van der Waals surface area contributed by atoms with E-state index in [0.717, 1.165) is 25.3 Å². The second-order valence-electron chi connectivity index (χ2n) is 4.70. The highest BCUT2D eigenvalue weighted by atomic mass is 79.9. The van der Waals surface area contributed by atoms with Gasteiger partial charge in [0.15, 0.2) is 0 Å². The molecule has 0 aromatic carbocycles. The van der Waals surface area contributed by atoms with Gasteiger partial charge in [-0.05, 0) is 30.0 Å². The summed E-state index contributed by atoms with van der Waals surface area (Å²) in [6.45, 7) is 3.24. The molecular formula is C11H18BrN5O. The summed E-state index contributed by atoms with van der Waals surface area (Å²) in [6, 6.07) is 0.389. The van der Waals surface area contributed by atoms with Crippen LogP contribution < -0.4 is 16.2 Å². The zero-order valence-electron chi connectivity index (χ0n) is 10.6. The van der Waals surface area contributed by atoms with E-state index in [0.29, 0.717) is 17.1 Å². The molecular weight excluding hydrogens is 298 g/mol. The van der Waals surface area contributed by atoms with Crippen LogP contribution in [0, 0.1) is 0 Å². The highest BCUT2D eigenvalue weighted by molar-refractivity contribution is 9.10. The molecule has 0 unspecified atom stereocenters. The second-order valence-corrected chi connectivity index (χ2v) is 5.50. The van der Waals surface area contributed by atoms with Gasteiger partial charge in [-0.3, -0.25) is 4.79 Å². The lowest BCUT2D eigenvalue weighted by molar-refractivity contribution is 0.367. The number of hydrogen-bond acceptors (Lipinski definition) is 5. The smallest absolute Gasteiger partial charge is 0.283 e. The van der Waals surface area contributed by atoms with Gasteiger partial charge in [-0.15, -0.1) is 0 Å². The van der Waals surface area contributed by atoms with Gasteiger partial charge in [0.1, 0.15) is 4.47 Å². The third kappa shape index (κ3) is 3.09. The Balaban J connectivity index is 2.10. The van der Waals surface area contributed by atoms with Crippen LogP contribution in [0.2, 0.25) is 0 Å². The Morgan fingerprint density at radius 2 is 2.33 bits per heavy atom. The summed E-state index contributed by atoms with van der Waals surface area (Å²) in [7, 11) is 3.94. The average Bonchev–Trinajstić information content (AvgIpc) is 2.27. The summed E-state index contributed by atoms with van der Waals surface area (Å²) >= 11 is 3.35. The fraction of sp³-hybridized carbons (Fsp3) is 0.636. The van der Waals surface area contributed by atoms with E-state index in [1.165, 1.54) is 4.68 Å². The van der Waals surface area contributed by atoms with Crippen molar-refractivity contribution in [2.24, 2.45) is 0 Å². The van der Waals surface area contributed by atoms with Crippen molar-refractivity contribution in [1.82, 2.24) is 20.0 Å². The van der Waals surface area contributed by atoms with Gasteiger partial charge in [0.25, 0.3) is 5.56 Å². The Morgan fingerprint density at radius 3 is 2.89 bits per heavy atom. The Bertz CT molecular complexity index is 469. The number of nitrogens with zero attached hydrogens (tertiary/aromatic N) is 3. The molecule has 0 bridgehead atoms. The van der Waals surface area contributed by atoms with Gasteiger partial charge in [0.2, 0.25) is 0 Å². The maximum absolute atomic E-state index is 12.1. The minimum Gasteiger partial charge on any atom is -0.377 e. The van der Waals surface area contributed by atoms with Crippen molar-refractivity contribution in [3.05, 3.63) is 21.0 Å². The van der Waals surface area contributed by atoms with Gasteiger partial charge in [-0.2, -0.15) is 5.10 Å². The van der Waals surface area contributed by atoms with E-state index in [1.54, 1.807) is 6.20 Å². The van der Waals surface area contributed by atoms with Crippen LogP contribution in [0.5, 0.6) is 0 Å². The first kappa shape index (κ1) is 13.5. The molecule has 1 saturated heterocycles. The quantitative estimate of drug-likeness (QED) is 0.798. The van der Waals surface area contributed by atoms with Crippen LogP contribution >= 0.6 is 15.9 Å². The molecule has 6 nitrogen and oxygen atoms in total. The lowest BCUT2D eigenvalue weighted by atomic mass is 10.2. The largest absolute Gasteiger partial charge is 0.377 e. The number of likely N-dealkylation sites (N-methyl/N-ethyl adjacent to an activating group) is 1. The van der Waals surface area contributed by atoms with Crippen LogP contribution in [0.3, 0.4) is 0 Å². The average molecular weight is 316 g/mol. The zero-order valence-corrected chi connectivity index (χ0v) is 12.2. The molecule has 100 valence electrons. The van der Waals surface area contributed by atoms with Crippen LogP contribution in [0.4, 0.5) is 5.69 Å². The van der Waals surface area contributed by atoms with Crippen LogP contribution in [0.1, 0.15) is 0 Å². The van der Waals surface area contributed by atoms with E-state index in [4.69, 9.17) is 0 Å². The summed E-state index contributed by atoms with van der Waals surface area (Å²) in [5.74, 6) is 0. The van der Waals surface area contributed by atoms with E-state index < -0.39 is 0 Å². The minimum atomic E-state index is -0.0888. The lowest BCUT2D eigenvalue weighted by Crippen LogP contribution is -2.51. The molecule has 0 aliphatic carbocycles. The SMILES string of the molecule is CN(C)CCn1ncc(NC2CNC2)c(Br)c1=O. The molecule has 1 aliphatic rings. The highest BCUT2D eigenvalue weighted by Crippen LogP contribution is 2.17. The molecule has 0 amide bonds. The third-order valence-corrected chi connectivity index (χ3v) is 3.65. The summed E-state index contributed by atoms with van der Waals surface area (Å²) in [6.07, 6.45) is 1.71. The van der Waals surface area contributed by atoms with E-state index in [9.17, 15) is 4.79 Å². The Labute approximate surface area is 114 Å². The van der Waals surface area contributed by atoms with Gasteiger partial charge in [-0.25, -0.2) is 4.68 Å². The lowest BCUT2D eigenvalue weighted by Gasteiger charge is -2.29. The molecule has 7 heteroatoms. The number of anilines is 1. The monoisotopic (exact) mass is 315 g/mol. The molecule has 2 rings (SSSR count). The second kappa shape index (κ2) is 5.81. The maximum Gasteiger partial charge on any atom is 0.283 e. The summed E-state index contributed by atoms with van der Waals surface area (Å²) < 4.78 is 2.04. The fourth-order valence-corrected chi connectivity index (χ4v) is 2.05. The first-order chi connectivity index (χ1) is 8.58. The van der Waals surface area contributed by atoms with Gasteiger partial charge >= 0.3 is 0 Å². The normalized spacial score (nSPS) is 15.8. The number of aromatic nitrogens is 2. The Hall–Kier alpha value is -0.920. The van der Waals surface area contributed by atoms with Gasteiger partial charge < -0.3 is 15.5 Å². The molecule has 0 radical (unpaired) electrons. The highest BCUT2D eigenvalue weighted by Gasteiger charge is 2.18. The Morgan fingerprint density at radius 1 is 1.61 bits per heavy atom. The molecule has 0 atom stereocenters. The summed E-state index contributed by atoms with van der Waals surface area (Å²) in [5, 5.41) is 10.6. The van der Waals surface area contributed by atoms with E-state index in [-0.39, 0.29) is 5.56 Å². The van der Waals surface area contributed by atoms with Crippen LogP contribution in [-0.4, -0.2) is 54.5 Å². The molecule has 1 fully saturated rings. The topological polar surface area (TPSA) is 62.2 Å². The fourth-order valence-electron chi connectivity index (χ4n) is 1.63. The number of halogens is 1. The molecule has 2 N–H and O–H groups in total. The molecule has 0 spiro atoms. The molecule has 1 aliphatic heterocycles. The molecule has 1 aromatic heterocycles. The summed E-state index contributed by atoms with van der Waals surface area (Å²) in [4.78, 5) is 14.1. The maximum atomic E-state index is 12.1. The van der Waals surface area contributed by atoms with Crippen LogP contribution in [-0.2, 0) is 6.54 Å². The third-order valence-electron chi connectivity index (χ3n) is 2.89. The van der Waals surface area contributed by atoms with Crippen LogP contribution in [0.25, 0.3) is 0 Å². The van der Waals surface area contributed by atoms with Gasteiger partial charge in [0.05, 0.1) is 24.5 Å². The molecule has 2 heterocycles. The van der Waals surface area contributed by atoms with Gasteiger partial charge in [0, 0.05) is 19.6 Å². The standard InChI is InChI=1S/C11H18BrN5O/c1-16(2)3-4-17-11(18)10(12)9(7-14-17)15-8-5-13-6-8/h7-8,13,15H,3-6H2,1-2H3. The molecule has 18 heavy (non-hydrogen) atoms. The van der Waals surface area contributed by atoms with Crippen molar-refractivity contribution < 1.29 is 0 Å². The van der Waals surface area contributed by atoms with Crippen molar-refractivity contribution in [3.8, 4) is 0 Å².